The van der Waals surface area contributed by atoms with E-state index in [1.54, 1.807) is 10.7 Å². The third-order valence-corrected chi connectivity index (χ3v) is 2.90. The van der Waals surface area contributed by atoms with Crippen molar-refractivity contribution in [3.05, 3.63) is 58.7 Å². The van der Waals surface area contributed by atoms with E-state index >= 15 is 0 Å². The van der Waals surface area contributed by atoms with Crippen LogP contribution in [0, 0.1) is 0 Å². The fourth-order valence-corrected chi connectivity index (χ4v) is 2.18. The lowest BCUT2D eigenvalue weighted by Crippen LogP contribution is -1.99. The van der Waals surface area contributed by atoms with Gasteiger partial charge < -0.3 is 0 Å². The number of fused-ring (bicyclic) bond motifs is 1. The molecule has 3 rings (SSSR count). The highest BCUT2D eigenvalue weighted by atomic mass is 79.9. The monoisotopic (exact) mass is 288 g/mol. The van der Waals surface area contributed by atoms with E-state index < -0.39 is 0 Å². The average Bonchev–Trinajstić information content (AvgIpc) is 2.78. The molecule has 0 radical (unpaired) electrons. The van der Waals surface area contributed by atoms with E-state index in [2.05, 4.69) is 43.1 Å². The van der Waals surface area contributed by atoms with Crippen molar-refractivity contribution in [2.75, 3.05) is 0 Å². The molecular formula is C12H9BrN4. The maximum atomic E-state index is 4.46. The molecule has 0 saturated heterocycles. The van der Waals surface area contributed by atoms with Crippen LogP contribution in [0.2, 0.25) is 0 Å². The van der Waals surface area contributed by atoms with Crippen molar-refractivity contribution in [1.29, 1.82) is 0 Å². The van der Waals surface area contributed by atoms with Crippen LogP contribution in [0.15, 0.2) is 47.5 Å². The Labute approximate surface area is 106 Å². The van der Waals surface area contributed by atoms with Crippen molar-refractivity contribution in [3.8, 4) is 0 Å². The quantitative estimate of drug-likeness (QED) is 0.728. The SMILES string of the molecule is Brc1cn2ncnc2c(Cc2ccccc2)n1. The lowest BCUT2D eigenvalue weighted by atomic mass is 10.1. The summed E-state index contributed by atoms with van der Waals surface area (Å²) in [6, 6.07) is 10.2. The van der Waals surface area contributed by atoms with Crippen LogP contribution < -0.4 is 0 Å². The van der Waals surface area contributed by atoms with Gasteiger partial charge in [0.2, 0.25) is 0 Å². The standard InChI is InChI=1S/C12H9BrN4/c13-11-7-17-12(14-8-15-17)10(16-11)6-9-4-2-1-3-5-9/h1-5,7-8H,6H2. The maximum Gasteiger partial charge on any atom is 0.177 e. The molecule has 0 aliphatic heterocycles. The number of halogens is 1. The summed E-state index contributed by atoms with van der Waals surface area (Å²) in [5, 5.41) is 4.12. The smallest absolute Gasteiger partial charge is 0.177 e. The van der Waals surface area contributed by atoms with E-state index in [0.29, 0.717) is 0 Å². The highest BCUT2D eigenvalue weighted by Gasteiger charge is 2.07. The molecule has 3 aromatic rings. The number of hydrogen-bond acceptors (Lipinski definition) is 3. The minimum atomic E-state index is 0.752. The molecular weight excluding hydrogens is 280 g/mol. The zero-order valence-corrected chi connectivity index (χ0v) is 10.5. The van der Waals surface area contributed by atoms with Crippen LogP contribution >= 0.6 is 15.9 Å². The molecule has 84 valence electrons. The van der Waals surface area contributed by atoms with E-state index in [1.807, 2.05) is 18.2 Å². The molecule has 0 fully saturated rings. The Morgan fingerprint density at radius 3 is 2.82 bits per heavy atom. The van der Waals surface area contributed by atoms with E-state index in [1.165, 1.54) is 11.9 Å². The molecule has 0 aliphatic carbocycles. The molecule has 2 heterocycles. The highest BCUT2D eigenvalue weighted by Crippen LogP contribution is 2.15. The Bertz CT molecular complexity index is 648. The van der Waals surface area contributed by atoms with Crippen LogP contribution in [0.3, 0.4) is 0 Å². The first-order valence-electron chi connectivity index (χ1n) is 5.21. The van der Waals surface area contributed by atoms with Crippen LogP contribution in [0.1, 0.15) is 11.3 Å². The summed E-state index contributed by atoms with van der Waals surface area (Å²) in [5.41, 5.74) is 2.93. The molecule has 0 bridgehead atoms. The third-order valence-electron chi connectivity index (χ3n) is 2.52. The van der Waals surface area contributed by atoms with Crippen molar-refractivity contribution in [2.24, 2.45) is 0 Å². The van der Waals surface area contributed by atoms with Gasteiger partial charge in [0.25, 0.3) is 0 Å². The first-order chi connectivity index (χ1) is 8.33. The first-order valence-corrected chi connectivity index (χ1v) is 6.01. The van der Waals surface area contributed by atoms with Crippen LogP contribution in [0.25, 0.3) is 5.65 Å². The summed E-state index contributed by atoms with van der Waals surface area (Å²) in [4.78, 5) is 8.69. The van der Waals surface area contributed by atoms with Gasteiger partial charge in [0, 0.05) is 6.42 Å². The lowest BCUT2D eigenvalue weighted by molar-refractivity contribution is 0.909. The zero-order chi connectivity index (χ0) is 11.7. The van der Waals surface area contributed by atoms with Gasteiger partial charge >= 0.3 is 0 Å². The fourth-order valence-electron chi connectivity index (χ4n) is 1.77. The lowest BCUT2D eigenvalue weighted by Gasteiger charge is -2.03. The molecule has 0 amide bonds. The number of aromatic nitrogens is 4. The van der Waals surface area contributed by atoms with Gasteiger partial charge in [-0.1, -0.05) is 30.3 Å². The summed E-state index contributed by atoms with van der Waals surface area (Å²) in [6.45, 7) is 0. The summed E-state index contributed by atoms with van der Waals surface area (Å²) in [7, 11) is 0. The largest absolute Gasteiger partial charge is 0.240 e. The summed E-state index contributed by atoms with van der Waals surface area (Å²) in [5.74, 6) is 0. The van der Waals surface area contributed by atoms with Crippen molar-refractivity contribution < 1.29 is 0 Å². The second-order valence-corrected chi connectivity index (χ2v) is 4.51. The number of nitrogens with zero attached hydrogens (tertiary/aromatic N) is 4. The highest BCUT2D eigenvalue weighted by molar-refractivity contribution is 9.10. The van der Waals surface area contributed by atoms with Gasteiger partial charge in [-0.25, -0.2) is 14.5 Å². The second kappa shape index (κ2) is 4.25. The summed E-state index contributed by atoms with van der Waals surface area (Å²) in [6.07, 6.45) is 4.09. The van der Waals surface area contributed by atoms with E-state index in [-0.39, 0.29) is 0 Å². The van der Waals surface area contributed by atoms with Gasteiger partial charge in [-0.05, 0) is 21.5 Å². The van der Waals surface area contributed by atoms with Gasteiger partial charge in [-0.2, -0.15) is 5.10 Å². The fraction of sp³-hybridized carbons (Fsp3) is 0.0833. The maximum absolute atomic E-state index is 4.46. The molecule has 0 saturated carbocycles. The molecule has 4 nitrogen and oxygen atoms in total. The van der Waals surface area contributed by atoms with Crippen LogP contribution in [-0.4, -0.2) is 19.6 Å². The van der Waals surface area contributed by atoms with E-state index in [4.69, 9.17) is 0 Å². The van der Waals surface area contributed by atoms with Crippen molar-refractivity contribution in [2.45, 2.75) is 6.42 Å². The Morgan fingerprint density at radius 1 is 1.18 bits per heavy atom. The van der Waals surface area contributed by atoms with Crippen molar-refractivity contribution >= 4 is 21.6 Å². The molecule has 2 aromatic heterocycles. The molecule has 1 aromatic carbocycles. The number of benzene rings is 1. The van der Waals surface area contributed by atoms with E-state index in [0.717, 1.165) is 22.4 Å². The predicted molar refractivity (Wildman–Crippen MR) is 67.7 cm³/mol. The summed E-state index contributed by atoms with van der Waals surface area (Å²) < 4.78 is 2.50. The van der Waals surface area contributed by atoms with Gasteiger partial charge in [-0.3, -0.25) is 0 Å². The van der Waals surface area contributed by atoms with Crippen LogP contribution in [-0.2, 0) is 6.42 Å². The molecule has 0 unspecified atom stereocenters. The normalized spacial score (nSPS) is 10.9. The Hall–Kier alpha value is -1.75. The predicted octanol–water partition coefficient (Wildman–Crippen LogP) is 2.48. The number of rotatable bonds is 2. The molecule has 0 spiro atoms. The minimum Gasteiger partial charge on any atom is -0.240 e. The van der Waals surface area contributed by atoms with Crippen LogP contribution in [0.4, 0.5) is 0 Å². The molecule has 0 aliphatic rings. The van der Waals surface area contributed by atoms with Crippen molar-refractivity contribution in [3.63, 3.8) is 0 Å². The topological polar surface area (TPSA) is 43.1 Å². The van der Waals surface area contributed by atoms with Crippen LogP contribution in [0.5, 0.6) is 0 Å². The van der Waals surface area contributed by atoms with Gasteiger partial charge in [-0.15, -0.1) is 0 Å². The van der Waals surface area contributed by atoms with Crippen molar-refractivity contribution in [1.82, 2.24) is 19.6 Å². The molecule has 0 atom stereocenters. The second-order valence-electron chi connectivity index (χ2n) is 3.70. The third kappa shape index (κ3) is 2.06. The Kier molecular flexibility index (Phi) is 2.60. The minimum absolute atomic E-state index is 0.752. The summed E-state index contributed by atoms with van der Waals surface area (Å²) >= 11 is 3.38. The van der Waals surface area contributed by atoms with Gasteiger partial charge in [0.15, 0.2) is 5.65 Å². The number of hydrogen-bond donors (Lipinski definition) is 0. The zero-order valence-electron chi connectivity index (χ0n) is 8.92. The molecule has 5 heteroatoms. The Morgan fingerprint density at radius 2 is 2.00 bits per heavy atom. The average molecular weight is 289 g/mol. The van der Waals surface area contributed by atoms with E-state index in [9.17, 15) is 0 Å². The van der Waals surface area contributed by atoms with Gasteiger partial charge in [0.05, 0.1) is 11.9 Å². The first kappa shape index (κ1) is 10.4. The molecule has 0 N–H and O–H groups in total. The van der Waals surface area contributed by atoms with Gasteiger partial charge in [0.1, 0.15) is 10.9 Å². The Balaban J connectivity index is 2.08. The molecule has 17 heavy (non-hydrogen) atoms.